The predicted molar refractivity (Wildman–Crippen MR) is 103 cm³/mol. The Balaban J connectivity index is 2.39. The Labute approximate surface area is 170 Å². The van der Waals surface area contributed by atoms with Crippen LogP contribution in [0.25, 0.3) is 0 Å². The van der Waals surface area contributed by atoms with Crippen LogP contribution in [0.3, 0.4) is 0 Å². The Hall–Kier alpha value is -2.69. The minimum absolute atomic E-state index is 0.0807. The van der Waals surface area contributed by atoms with Crippen molar-refractivity contribution in [1.29, 1.82) is 0 Å². The van der Waals surface area contributed by atoms with Crippen LogP contribution in [-0.2, 0) is 16.0 Å². The Morgan fingerprint density at radius 2 is 1.60 bits per heavy atom. The normalized spacial score (nSPS) is 12.1. The Morgan fingerprint density at radius 1 is 1.03 bits per heavy atom. The molecule has 0 aliphatic heterocycles. The third-order valence-electron chi connectivity index (χ3n) is 4.36. The van der Waals surface area contributed by atoms with Gasteiger partial charge in [-0.3, -0.25) is 4.79 Å². The van der Waals surface area contributed by atoms with Crippen molar-refractivity contribution in [2.24, 2.45) is 0 Å². The molecule has 0 heterocycles. The van der Waals surface area contributed by atoms with Crippen LogP contribution in [0.2, 0.25) is 0 Å². The maximum atomic E-state index is 13.1. The highest BCUT2D eigenvalue weighted by Crippen LogP contribution is 2.35. The van der Waals surface area contributed by atoms with Gasteiger partial charge in [-0.15, -0.1) is 0 Å². The first-order valence-corrected chi connectivity index (χ1v) is 10.4. The largest absolute Gasteiger partial charge is 0.416 e. The van der Waals surface area contributed by atoms with Gasteiger partial charge in [0.1, 0.15) is 0 Å². The van der Waals surface area contributed by atoms with Crippen LogP contribution in [0.4, 0.5) is 33.3 Å². The smallest absolute Gasteiger partial charge is 0.370 e. The molecule has 0 fully saturated rings. The van der Waals surface area contributed by atoms with E-state index in [9.17, 15) is 35.2 Å². The lowest BCUT2D eigenvalue weighted by Crippen LogP contribution is -2.24. The molecule has 11 heteroatoms. The lowest BCUT2D eigenvalue weighted by molar-refractivity contribution is -0.137. The molecule has 2 aromatic rings. The Kier molecular flexibility index (Phi) is 7.06. The lowest BCUT2D eigenvalue weighted by atomic mass is 10.1. The van der Waals surface area contributed by atoms with E-state index < -0.39 is 38.1 Å². The fourth-order valence-electron chi connectivity index (χ4n) is 2.75. The minimum atomic E-state index is -4.82. The average Bonchev–Trinajstić information content (AvgIpc) is 2.69. The number of rotatable bonds is 7. The van der Waals surface area contributed by atoms with Gasteiger partial charge in [-0.25, -0.2) is 8.42 Å². The molecule has 0 aromatic heterocycles. The van der Waals surface area contributed by atoms with Crippen molar-refractivity contribution >= 4 is 27.1 Å². The number of nitrogens with zero attached hydrogens (tertiary/aromatic N) is 1. The molecule has 0 spiro atoms. The molecule has 0 unspecified atom stereocenters. The van der Waals surface area contributed by atoms with Crippen LogP contribution in [0.1, 0.15) is 29.8 Å². The van der Waals surface area contributed by atoms with Gasteiger partial charge >= 0.3 is 11.9 Å². The number of hydrogen-bond acceptors (Lipinski definition) is 4. The topological polar surface area (TPSA) is 66.5 Å². The standard InChI is InChI=1S/C19H19F5N2O3S/c1-3-26(4-2)16-10-7-13(19(22,23)24)11-15(16)25-17(27)12-5-8-14(9-6-12)30(28,29)18(20)21/h5-11,18H,3-4H2,1-2H3,(H,25,27). The predicted octanol–water partition coefficient (Wildman–Crippen LogP) is 4.80. The number of halogens is 5. The average molecular weight is 450 g/mol. The van der Waals surface area contributed by atoms with Crippen molar-refractivity contribution in [1.82, 2.24) is 0 Å². The maximum absolute atomic E-state index is 13.1. The van der Waals surface area contributed by atoms with Gasteiger partial charge < -0.3 is 10.2 Å². The summed E-state index contributed by atoms with van der Waals surface area (Å²) in [5.74, 6) is -4.43. The SMILES string of the molecule is CCN(CC)c1ccc(C(F)(F)F)cc1NC(=O)c1ccc(S(=O)(=O)C(F)F)cc1. The van der Waals surface area contributed by atoms with E-state index >= 15 is 0 Å². The molecule has 2 rings (SSSR count). The van der Waals surface area contributed by atoms with Gasteiger partial charge in [-0.2, -0.15) is 22.0 Å². The molecule has 0 saturated heterocycles. The van der Waals surface area contributed by atoms with Gasteiger partial charge in [0.25, 0.3) is 5.91 Å². The molecule has 0 saturated carbocycles. The van der Waals surface area contributed by atoms with Gasteiger partial charge in [0.05, 0.1) is 21.8 Å². The highest BCUT2D eigenvalue weighted by atomic mass is 32.2. The number of benzene rings is 2. The summed E-state index contributed by atoms with van der Waals surface area (Å²) in [6.07, 6.45) is -4.62. The van der Waals surface area contributed by atoms with E-state index in [-0.39, 0.29) is 11.3 Å². The van der Waals surface area contributed by atoms with E-state index in [1.807, 2.05) is 0 Å². The first kappa shape index (κ1) is 23.6. The van der Waals surface area contributed by atoms with Crippen LogP contribution < -0.4 is 10.2 Å². The third-order valence-corrected chi connectivity index (χ3v) is 5.75. The van der Waals surface area contributed by atoms with Crippen LogP contribution in [-0.4, -0.2) is 33.2 Å². The van der Waals surface area contributed by atoms with Crippen LogP contribution in [0, 0.1) is 0 Å². The summed E-state index contributed by atoms with van der Waals surface area (Å²) in [7, 11) is -4.82. The van der Waals surface area contributed by atoms with Crippen molar-refractivity contribution in [2.75, 3.05) is 23.3 Å². The second kappa shape index (κ2) is 8.99. The van der Waals surface area contributed by atoms with Gasteiger partial charge in [0, 0.05) is 18.7 Å². The highest BCUT2D eigenvalue weighted by molar-refractivity contribution is 7.91. The van der Waals surface area contributed by atoms with Crippen molar-refractivity contribution < 1.29 is 35.2 Å². The zero-order valence-corrected chi connectivity index (χ0v) is 16.8. The highest BCUT2D eigenvalue weighted by Gasteiger charge is 2.32. The molecule has 30 heavy (non-hydrogen) atoms. The second-order valence-corrected chi connectivity index (χ2v) is 8.10. The first-order chi connectivity index (χ1) is 13.9. The molecule has 164 valence electrons. The molecular formula is C19H19F5N2O3S. The van der Waals surface area contributed by atoms with Gasteiger partial charge in [0.15, 0.2) is 0 Å². The van der Waals surface area contributed by atoms with E-state index in [1.54, 1.807) is 18.7 Å². The third kappa shape index (κ3) is 5.07. The zero-order chi connectivity index (χ0) is 22.7. The van der Waals surface area contributed by atoms with E-state index in [2.05, 4.69) is 5.32 Å². The molecule has 5 nitrogen and oxygen atoms in total. The van der Waals surface area contributed by atoms with E-state index in [0.717, 1.165) is 36.4 Å². The maximum Gasteiger partial charge on any atom is 0.416 e. The summed E-state index contributed by atoms with van der Waals surface area (Å²) in [6.45, 7) is 4.56. The van der Waals surface area contributed by atoms with Gasteiger partial charge in [-0.1, -0.05) is 0 Å². The molecule has 1 amide bonds. The van der Waals surface area contributed by atoms with E-state index in [1.165, 1.54) is 6.07 Å². The molecule has 0 radical (unpaired) electrons. The molecule has 0 aliphatic carbocycles. The van der Waals surface area contributed by atoms with Crippen LogP contribution >= 0.6 is 0 Å². The monoisotopic (exact) mass is 450 g/mol. The molecule has 2 aromatic carbocycles. The quantitative estimate of drug-likeness (QED) is 0.616. The number of hydrogen-bond donors (Lipinski definition) is 1. The van der Waals surface area contributed by atoms with Gasteiger partial charge in [-0.05, 0) is 56.3 Å². The van der Waals surface area contributed by atoms with Crippen molar-refractivity contribution in [3.63, 3.8) is 0 Å². The van der Waals surface area contributed by atoms with Crippen molar-refractivity contribution in [3.8, 4) is 0 Å². The molecule has 0 aliphatic rings. The summed E-state index contributed by atoms with van der Waals surface area (Å²) in [5.41, 5.74) is -0.765. The number of alkyl halides is 5. The van der Waals surface area contributed by atoms with Crippen molar-refractivity contribution in [3.05, 3.63) is 53.6 Å². The molecule has 1 N–H and O–H groups in total. The number of nitrogens with one attached hydrogen (secondary N) is 1. The number of sulfone groups is 1. The second-order valence-electron chi connectivity index (χ2n) is 6.19. The number of anilines is 2. The zero-order valence-electron chi connectivity index (χ0n) is 16.0. The van der Waals surface area contributed by atoms with Crippen molar-refractivity contribution in [2.45, 2.75) is 30.7 Å². The Bertz CT molecular complexity index is 1000. The number of amides is 1. The number of carbonyl (C=O) groups is 1. The summed E-state index contributed by atoms with van der Waals surface area (Å²) >= 11 is 0. The fraction of sp³-hybridized carbons (Fsp3) is 0.316. The first-order valence-electron chi connectivity index (χ1n) is 8.81. The van der Waals surface area contributed by atoms with Crippen LogP contribution in [0.15, 0.2) is 47.4 Å². The molecule has 0 bridgehead atoms. The Morgan fingerprint density at radius 3 is 2.07 bits per heavy atom. The van der Waals surface area contributed by atoms with Crippen LogP contribution in [0.5, 0.6) is 0 Å². The summed E-state index contributed by atoms with van der Waals surface area (Å²) in [5, 5.41) is 2.39. The summed E-state index contributed by atoms with van der Waals surface area (Å²) in [6, 6.07) is 6.67. The summed E-state index contributed by atoms with van der Waals surface area (Å²) in [4.78, 5) is 13.6. The molecular weight excluding hydrogens is 431 g/mol. The fourth-order valence-corrected chi connectivity index (χ4v) is 3.47. The lowest BCUT2D eigenvalue weighted by Gasteiger charge is -2.25. The van der Waals surface area contributed by atoms with E-state index in [4.69, 9.17) is 0 Å². The summed E-state index contributed by atoms with van der Waals surface area (Å²) < 4.78 is 87.4. The van der Waals surface area contributed by atoms with Gasteiger partial charge in [0.2, 0.25) is 9.84 Å². The van der Waals surface area contributed by atoms with E-state index in [0.29, 0.717) is 18.8 Å². The minimum Gasteiger partial charge on any atom is -0.370 e. The number of carbonyl (C=O) groups excluding carboxylic acids is 1. The molecule has 0 atom stereocenters.